The summed E-state index contributed by atoms with van der Waals surface area (Å²) in [5, 5.41) is 0. The van der Waals surface area contributed by atoms with Gasteiger partial charge in [0.25, 0.3) is 0 Å². The number of nitrogens with two attached hydrogens (primary N) is 1. The van der Waals surface area contributed by atoms with E-state index in [4.69, 9.17) is 5.73 Å². The van der Waals surface area contributed by atoms with Crippen LogP contribution in [-0.2, 0) is 4.79 Å². The van der Waals surface area contributed by atoms with Gasteiger partial charge in [-0.15, -0.1) is 12.4 Å². The number of Topliss-reactive ketones (excluding diaryl/α,β-unsaturated/α-hetero) is 1. The van der Waals surface area contributed by atoms with Crippen molar-refractivity contribution in [3.8, 4) is 11.1 Å². The third kappa shape index (κ3) is 4.93. The number of amides is 1. The van der Waals surface area contributed by atoms with Crippen molar-refractivity contribution in [2.24, 2.45) is 11.7 Å². The summed E-state index contributed by atoms with van der Waals surface area (Å²) in [7, 11) is 0. The molecule has 5 heteroatoms. The van der Waals surface area contributed by atoms with Crippen molar-refractivity contribution in [2.75, 3.05) is 19.6 Å². The third-order valence-electron chi connectivity index (χ3n) is 4.85. The molecule has 138 valence electrons. The number of benzene rings is 2. The number of likely N-dealkylation sites (tertiary alicyclic amines) is 1. The average Bonchev–Trinajstić information content (AvgIpc) is 3.16. The third-order valence-corrected chi connectivity index (χ3v) is 4.85. The molecule has 2 N–H and O–H groups in total. The minimum Gasteiger partial charge on any atom is -0.342 e. The summed E-state index contributed by atoms with van der Waals surface area (Å²) >= 11 is 0. The molecule has 3 rings (SSSR count). The van der Waals surface area contributed by atoms with Crippen molar-refractivity contribution >= 4 is 24.1 Å². The zero-order valence-electron chi connectivity index (χ0n) is 14.8. The minimum atomic E-state index is 0. The van der Waals surface area contributed by atoms with Crippen molar-refractivity contribution in [1.82, 2.24) is 4.90 Å². The van der Waals surface area contributed by atoms with Crippen LogP contribution in [-0.4, -0.2) is 36.2 Å². The molecule has 0 bridgehead atoms. The van der Waals surface area contributed by atoms with E-state index in [0.717, 1.165) is 30.6 Å². The van der Waals surface area contributed by atoms with Crippen molar-refractivity contribution in [1.29, 1.82) is 0 Å². The normalized spacial score (nSPS) is 16.2. The molecule has 2 aromatic rings. The van der Waals surface area contributed by atoms with Gasteiger partial charge >= 0.3 is 0 Å². The molecule has 1 amide bonds. The zero-order valence-corrected chi connectivity index (χ0v) is 15.6. The van der Waals surface area contributed by atoms with E-state index in [2.05, 4.69) is 0 Å². The number of carbonyl (C=O) groups excluding carboxylic acids is 2. The van der Waals surface area contributed by atoms with Gasteiger partial charge in [-0.3, -0.25) is 9.59 Å². The molecule has 1 unspecified atom stereocenters. The molecule has 1 fully saturated rings. The van der Waals surface area contributed by atoms with Crippen LogP contribution in [0.15, 0.2) is 54.6 Å². The van der Waals surface area contributed by atoms with E-state index >= 15 is 0 Å². The lowest BCUT2D eigenvalue weighted by Crippen LogP contribution is -2.30. The highest BCUT2D eigenvalue weighted by Crippen LogP contribution is 2.20. The molecule has 0 spiro atoms. The standard InChI is InChI=1S/C21H24N2O2.ClH/c22-14-16-12-13-23(15-16)21(25)11-10-20(24)19-8-6-18(7-9-19)17-4-2-1-3-5-17;/h1-9,16H,10-15,22H2;1H. The Balaban J connectivity index is 0.00000243. The van der Waals surface area contributed by atoms with Crippen LogP contribution < -0.4 is 5.73 Å². The summed E-state index contributed by atoms with van der Waals surface area (Å²) in [4.78, 5) is 26.4. The second-order valence-electron chi connectivity index (χ2n) is 6.60. The molecule has 1 atom stereocenters. The molecule has 1 saturated heterocycles. The predicted octanol–water partition coefficient (Wildman–Crippen LogP) is 3.55. The summed E-state index contributed by atoms with van der Waals surface area (Å²) in [6.07, 6.45) is 1.50. The van der Waals surface area contributed by atoms with Gasteiger partial charge in [-0.1, -0.05) is 54.6 Å². The Kier molecular flexibility index (Phi) is 7.37. The molecular weight excluding hydrogens is 348 g/mol. The Morgan fingerprint density at radius 3 is 2.23 bits per heavy atom. The van der Waals surface area contributed by atoms with E-state index < -0.39 is 0 Å². The van der Waals surface area contributed by atoms with Gasteiger partial charge in [0.2, 0.25) is 5.91 Å². The second-order valence-corrected chi connectivity index (χ2v) is 6.60. The Bertz CT molecular complexity index is 731. The molecule has 26 heavy (non-hydrogen) atoms. The van der Waals surface area contributed by atoms with Gasteiger partial charge < -0.3 is 10.6 Å². The van der Waals surface area contributed by atoms with Gasteiger partial charge in [-0.25, -0.2) is 0 Å². The average molecular weight is 373 g/mol. The minimum absolute atomic E-state index is 0. The highest BCUT2D eigenvalue weighted by molar-refractivity contribution is 5.98. The van der Waals surface area contributed by atoms with Crippen LogP contribution >= 0.6 is 12.4 Å². The van der Waals surface area contributed by atoms with E-state index in [1.54, 1.807) is 0 Å². The monoisotopic (exact) mass is 372 g/mol. The van der Waals surface area contributed by atoms with Crippen LogP contribution in [0.4, 0.5) is 0 Å². The van der Waals surface area contributed by atoms with E-state index in [1.807, 2.05) is 59.5 Å². The molecule has 0 radical (unpaired) electrons. The maximum absolute atomic E-state index is 12.3. The Hall–Kier alpha value is -2.17. The first-order valence-corrected chi connectivity index (χ1v) is 8.84. The van der Waals surface area contributed by atoms with E-state index in [1.165, 1.54) is 0 Å². The molecule has 1 aliphatic rings. The van der Waals surface area contributed by atoms with Crippen molar-refractivity contribution in [3.05, 3.63) is 60.2 Å². The van der Waals surface area contributed by atoms with Gasteiger partial charge in [0, 0.05) is 31.5 Å². The van der Waals surface area contributed by atoms with Crippen molar-refractivity contribution < 1.29 is 9.59 Å². The summed E-state index contributed by atoms with van der Waals surface area (Å²) in [5.41, 5.74) is 8.52. The van der Waals surface area contributed by atoms with Crippen molar-refractivity contribution in [3.63, 3.8) is 0 Å². The molecule has 0 saturated carbocycles. The SMILES string of the molecule is Cl.NCC1CCN(C(=O)CCC(=O)c2ccc(-c3ccccc3)cc2)C1. The highest BCUT2D eigenvalue weighted by Gasteiger charge is 2.25. The lowest BCUT2D eigenvalue weighted by Gasteiger charge is -2.16. The number of ketones is 1. The molecule has 0 aromatic heterocycles. The van der Waals surface area contributed by atoms with E-state index in [-0.39, 0.29) is 36.9 Å². The van der Waals surface area contributed by atoms with Gasteiger partial charge in [-0.05, 0) is 30.0 Å². The van der Waals surface area contributed by atoms with E-state index in [0.29, 0.717) is 18.0 Å². The molecule has 1 aliphatic heterocycles. The van der Waals surface area contributed by atoms with Gasteiger partial charge in [0.1, 0.15) is 0 Å². The number of hydrogen-bond donors (Lipinski definition) is 1. The number of nitrogens with zero attached hydrogens (tertiary/aromatic N) is 1. The number of halogens is 1. The Morgan fingerprint density at radius 1 is 0.962 bits per heavy atom. The van der Waals surface area contributed by atoms with Gasteiger partial charge in [0.05, 0.1) is 0 Å². The summed E-state index contributed by atoms with van der Waals surface area (Å²) in [6, 6.07) is 17.6. The zero-order chi connectivity index (χ0) is 17.6. The maximum atomic E-state index is 12.3. The number of rotatable bonds is 6. The van der Waals surface area contributed by atoms with E-state index in [9.17, 15) is 9.59 Å². The van der Waals surface area contributed by atoms with Crippen LogP contribution in [0.5, 0.6) is 0 Å². The largest absolute Gasteiger partial charge is 0.342 e. The predicted molar refractivity (Wildman–Crippen MR) is 106 cm³/mol. The molecule has 2 aromatic carbocycles. The Morgan fingerprint density at radius 2 is 1.62 bits per heavy atom. The first-order chi connectivity index (χ1) is 12.2. The highest BCUT2D eigenvalue weighted by atomic mass is 35.5. The molecule has 4 nitrogen and oxygen atoms in total. The van der Waals surface area contributed by atoms with Crippen LogP contribution in [0.25, 0.3) is 11.1 Å². The van der Waals surface area contributed by atoms with Crippen molar-refractivity contribution in [2.45, 2.75) is 19.3 Å². The second kappa shape index (κ2) is 9.51. The summed E-state index contributed by atoms with van der Waals surface area (Å²) < 4.78 is 0. The van der Waals surface area contributed by atoms with Crippen LogP contribution in [0, 0.1) is 5.92 Å². The topological polar surface area (TPSA) is 63.4 Å². The molecular formula is C21H25ClN2O2. The Labute approximate surface area is 160 Å². The number of carbonyl (C=O) groups is 2. The fourth-order valence-corrected chi connectivity index (χ4v) is 3.25. The maximum Gasteiger partial charge on any atom is 0.223 e. The fourth-order valence-electron chi connectivity index (χ4n) is 3.25. The first-order valence-electron chi connectivity index (χ1n) is 8.84. The van der Waals surface area contributed by atoms with Gasteiger partial charge in [-0.2, -0.15) is 0 Å². The van der Waals surface area contributed by atoms with Crippen LogP contribution in [0.2, 0.25) is 0 Å². The summed E-state index contributed by atoms with van der Waals surface area (Å²) in [5.74, 6) is 0.484. The first kappa shape index (κ1) is 20.1. The van der Waals surface area contributed by atoms with Gasteiger partial charge in [0.15, 0.2) is 5.78 Å². The quantitative estimate of drug-likeness (QED) is 0.789. The summed E-state index contributed by atoms with van der Waals surface area (Å²) in [6.45, 7) is 2.12. The molecule has 0 aliphatic carbocycles. The van der Waals surface area contributed by atoms with Crippen LogP contribution in [0.1, 0.15) is 29.6 Å². The van der Waals surface area contributed by atoms with Crippen LogP contribution in [0.3, 0.4) is 0 Å². The lowest BCUT2D eigenvalue weighted by atomic mass is 10.0. The smallest absolute Gasteiger partial charge is 0.223 e. The lowest BCUT2D eigenvalue weighted by molar-refractivity contribution is -0.130. The molecule has 1 heterocycles. The fraction of sp³-hybridized carbons (Fsp3) is 0.333. The number of hydrogen-bond acceptors (Lipinski definition) is 3.